The third-order valence-electron chi connectivity index (χ3n) is 4.30. The fourth-order valence-corrected chi connectivity index (χ4v) is 2.75. The maximum atomic E-state index is 12.4. The van der Waals surface area contributed by atoms with E-state index in [0.29, 0.717) is 5.75 Å². The fraction of sp³-hybridized carbons (Fsp3) is 0.333. The lowest BCUT2D eigenvalue weighted by molar-refractivity contribution is -0.137. The molecule has 2 aromatic heterocycles. The lowest BCUT2D eigenvalue weighted by Gasteiger charge is -2.17. The number of hydrogen-bond acceptors (Lipinski definition) is 7. The van der Waals surface area contributed by atoms with Crippen molar-refractivity contribution in [1.82, 2.24) is 19.1 Å². The van der Waals surface area contributed by atoms with Gasteiger partial charge in [-0.25, -0.2) is 4.79 Å². The molecule has 0 saturated carbocycles. The van der Waals surface area contributed by atoms with Crippen LogP contribution in [-0.4, -0.2) is 54.0 Å². The number of aromatic amines is 1. The number of nitrogens with zero attached hydrogens (tertiary/aromatic N) is 3. The second-order valence-corrected chi connectivity index (χ2v) is 6.52. The van der Waals surface area contributed by atoms with Gasteiger partial charge in [0.2, 0.25) is 5.95 Å². The average molecular weight is 403 g/mol. The van der Waals surface area contributed by atoms with Gasteiger partial charge in [-0.05, 0) is 19.1 Å². The number of aryl methyl sites for hydroxylation is 1. The van der Waals surface area contributed by atoms with E-state index in [1.165, 1.54) is 18.5 Å². The number of ether oxygens (including phenoxy) is 1. The minimum absolute atomic E-state index is 0.0333. The highest BCUT2D eigenvalue weighted by Gasteiger charge is 2.22. The third-order valence-corrected chi connectivity index (χ3v) is 4.30. The molecule has 1 aromatic carbocycles. The number of carbonyl (C=O) groups is 1. The van der Waals surface area contributed by atoms with Crippen LogP contribution < -0.4 is 21.3 Å². The van der Waals surface area contributed by atoms with Gasteiger partial charge in [0.15, 0.2) is 11.2 Å². The van der Waals surface area contributed by atoms with E-state index in [1.807, 2.05) is 6.07 Å². The van der Waals surface area contributed by atoms with Crippen molar-refractivity contribution in [2.45, 2.75) is 25.6 Å². The van der Waals surface area contributed by atoms with Crippen molar-refractivity contribution in [3.63, 3.8) is 0 Å². The molecule has 0 aliphatic heterocycles. The Hall–Kier alpha value is -3.60. The molecule has 154 valence electrons. The van der Waals surface area contributed by atoms with Crippen LogP contribution in [0.3, 0.4) is 0 Å². The van der Waals surface area contributed by atoms with Crippen LogP contribution in [0.15, 0.2) is 39.9 Å². The number of carboxylic acid groups (broad SMARTS) is 1. The molecule has 0 saturated heterocycles. The van der Waals surface area contributed by atoms with Gasteiger partial charge in [-0.3, -0.25) is 19.1 Å². The molecule has 0 bridgehead atoms. The van der Waals surface area contributed by atoms with Crippen molar-refractivity contribution in [1.29, 1.82) is 0 Å². The lowest BCUT2D eigenvalue weighted by atomic mass is 10.3. The molecule has 0 spiro atoms. The van der Waals surface area contributed by atoms with Crippen LogP contribution in [-0.2, 0) is 18.4 Å². The first-order valence-corrected chi connectivity index (χ1v) is 8.82. The summed E-state index contributed by atoms with van der Waals surface area (Å²) in [6.07, 6.45) is -1.04. The number of nitrogens with one attached hydrogen (secondary N) is 2. The van der Waals surface area contributed by atoms with Gasteiger partial charge in [0.1, 0.15) is 24.5 Å². The van der Waals surface area contributed by atoms with Crippen LogP contribution in [0.1, 0.15) is 6.92 Å². The molecule has 0 fully saturated rings. The summed E-state index contributed by atoms with van der Waals surface area (Å²) in [6.45, 7) is 1.23. The van der Waals surface area contributed by atoms with Gasteiger partial charge in [0.05, 0.1) is 6.54 Å². The maximum Gasteiger partial charge on any atom is 0.329 e. The van der Waals surface area contributed by atoms with Gasteiger partial charge >= 0.3 is 11.7 Å². The monoisotopic (exact) mass is 403 g/mol. The summed E-state index contributed by atoms with van der Waals surface area (Å²) in [4.78, 5) is 41.8. The second-order valence-electron chi connectivity index (χ2n) is 6.52. The number of H-pyrrole nitrogens is 1. The molecule has 0 aliphatic carbocycles. The maximum absolute atomic E-state index is 12.4. The first-order valence-electron chi connectivity index (χ1n) is 8.82. The Labute approximate surface area is 164 Å². The highest BCUT2D eigenvalue weighted by Crippen LogP contribution is 2.17. The van der Waals surface area contributed by atoms with Crippen molar-refractivity contribution in [2.75, 3.05) is 11.9 Å². The smallest absolute Gasteiger partial charge is 0.329 e. The number of rotatable bonds is 8. The number of para-hydroxylation sites is 1. The molecule has 0 amide bonds. The number of benzene rings is 1. The van der Waals surface area contributed by atoms with Crippen LogP contribution in [0.2, 0.25) is 0 Å². The van der Waals surface area contributed by atoms with Gasteiger partial charge in [-0.15, -0.1) is 0 Å². The first kappa shape index (κ1) is 20.1. The van der Waals surface area contributed by atoms with E-state index in [-0.39, 0.29) is 30.3 Å². The molecule has 0 aliphatic rings. The number of fused-ring (bicyclic) bond motifs is 1. The molecule has 29 heavy (non-hydrogen) atoms. The molecule has 3 aromatic rings. The van der Waals surface area contributed by atoms with Crippen LogP contribution in [0, 0.1) is 0 Å². The van der Waals surface area contributed by atoms with E-state index < -0.39 is 29.4 Å². The number of aliphatic hydroxyl groups is 1. The van der Waals surface area contributed by atoms with Gasteiger partial charge in [0.25, 0.3) is 5.56 Å². The largest absolute Gasteiger partial charge is 0.491 e. The topological polar surface area (TPSA) is 151 Å². The minimum Gasteiger partial charge on any atom is -0.491 e. The van der Waals surface area contributed by atoms with E-state index in [1.54, 1.807) is 24.3 Å². The summed E-state index contributed by atoms with van der Waals surface area (Å²) in [7, 11) is 1.43. The van der Waals surface area contributed by atoms with Crippen molar-refractivity contribution < 1.29 is 19.7 Å². The highest BCUT2D eigenvalue weighted by molar-refractivity contribution is 5.78. The zero-order chi connectivity index (χ0) is 21.1. The number of aromatic nitrogens is 4. The zero-order valence-corrected chi connectivity index (χ0v) is 15.8. The zero-order valence-electron chi connectivity index (χ0n) is 15.8. The Bertz CT molecular complexity index is 1130. The predicted octanol–water partition coefficient (Wildman–Crippen LogP) is -0.252. The first-order chi connectivity index (χ1) is 13.8. The Balaban J connectivity index is 1.95. The molecule has 3 rings (SSSR count). The number of carboxylic acids is 1. The Morgan fingerprint density at radius 2 is 2.00 bits per heavy atom. The van der Waals surface area contributed by atoms with Gasteiger partial charge in [-0.2, -0.15) is 4.98 Å². The summed E-state index contributed by atoms with van der Waals surface area (Å²) in [5, 5.41) is 22.3. The Morgan fingerprint density at radius 1 is 1.31 bits per heavy atom. The van der Waals surface area contributed by atoms with E-state index >= 15 is 0 Å². The van der Waals surface area contributed by atoms with Crippen molar-refractivity contribution >= 4 is 23.1 Å². The number of aliphatic carboxylic acids is 1. The molecule has 11 nitrogen and oxygen atoms in total. The Kier molecular flexibility index (Phi) is 5.69. The normalized spacial score (nSPS) is 13.2. The van der Waals surface area contributed by atoms with Gasteiger partial charge < -0.3 is 24.8 Å². The number of hydrogen-bond donors (Lipinski definition) is 4. The Morgan fingerprint density at radius 3 is 2.66 bits per heavy atom. The number of anilines is 1. The number of aliphatic hydroxyl groups excluding tert-OH is 1. The predicted molar refractivity (Wildman–Crippen MR) is 104 cm³/mol. The van der Waals surface area contributed by atoms with E-state index in [2.05, 4.69) is 15.3 Å². The van der Waals surface area contributed by atoms with Gasteiger partial charge in [-0.1, -0.05) is 18.2 Å². The fourth-order valence-electron chi connectivity index (χ4n) is 2.75. The van der Waals surface area contributed by atoms with E-state index in [9.17, 15) is 19.5 Å². The molecular weight excluding hydrogens is 382 g/mol. The molecule has 2 atom stereocenters. The van der Waals surface area contributed by atoms with Gasteiger partial charge in [0, 0.05) is 7.05 Å². The molecule has 2 heterocycles. The summed E-state index contributed by atoms with van der Waals surface area (Å²) in [5.74, 6) is -0.514. The lowest BCUT2D eigenvalue weighted by Crippen LogP contribution is -2.32. The van der Waals surface area contributed by atoms with Crippen LogP contribution in [0.25, 0.3) is 11.2 Å². The molecule has 0 radical (unpaired) electrons. The summed E-state index contributed by atoms with van der Waals surface area (Å²) in [5.41, 5.74) is -1.25. The number of imidazole rings is 1. The quantitative estimate of drug-likeness (QED) is 0.402. The standard InChI is InChI=1S/C18H21N5O6/c1-10(16(26)27)19-17-20-14-13(15(25)21-18(28)22(14)2)23(17)8-11(24)9-29-12-6-4-3-5-7-12/h3-7,10-11,24H,8-9H2,1-2H3,(H,19,20)(H,26,27)(H,21,25,28). The summed E-state index contributed by atoms with van der Waals surface area (Å²) < 4.78 is 8.00. The van der Waals surface area contributed by atoms with E-state index in [4.69, 9.17) is 9.84 Å². The van der Waals surface area contributed by atoms with Crippen LogP contribution in [0.4, 0.5) is 5.95 Å². The van der Waals surface area contributed by atoms with Crippen molar-refractivity contribution in [2.24, 2.45) is 7.05 Å². The molecule has 11 heteroatoms. The van der Waals surface area contributed by atoms with Crippen molar-refractivity contribution in [3.05, 3.63) is 51.2 Å². The van der Waals surface area contributed by atoms with Crippen molar-refractivity contribution in [3.8, 4) is 5.75 Å². The molecular formula is C18H21N5O6. The summed E-state index contributed by atoms with van der Waals surface area (Å²) in [6, 6.07) is 7.88. The third kappa shape index (κ3) is 4.29. The average Bonchev–Trinajstić information content (AvgIpc) is 3.04. The second kappa shape index (κ2) is 8.19. The van der Waals surface area contributed by atoms with Crippen LogP contribution >= 0.6 is 0 Å². The SMILES string of the molecule is CC(Nc1nc2c(c(=O)[nH]c(=O)n2C)n1CC(O)COc1ccccc1)C(=O)O. The summed E-state index contributed by atoms with van der Waals surface area (Å²) >= 11 is 0. The van der Waals surface area contributed by atoms with E-state index in [0.717, 1.165) is 4.57 Å². The molecule has 4 N–H and O–H groups in total. The van der Waals surface area contributed by atoms with Crippen LogP contribution in [0.5, 0.6) is 5.75 Å². The highest BCUT2D eigenvalue weighted by atomic mass is 16.5. The molecule has 2 unspecified atom stereocenters. The minimum atomic E-state index is -1.13.